The monoisotopic (exact) mass is 263 g/mol. The van der Waals surface area contributed by atoms with Gasteiger partial charge in [-0.2, -0.15) is 0 Å². The first-order chi connectivity index (χ1) is 9.05. The van der Waals surface area contributed by atoms with Gasteiger partial charge in [0.15, 0.2) is 6.61 Å². The lowest BCUT2D eigenvalue weighted by atomic mass is 9.94. The maximum atomic E-state index is 12.9. The highest BCUT2D eigenvalue weighted by molar-refractivity contribution is 5.78. The summed E-state index contributed by atoms with van der Waals surface area (Å²) in [4.78, 5) is 11.8. The number of carbonyl (C=O) groups is 1. The normalized spacial score (nSPS) is 10.6. The quantitative estimate of drug-likeness (QED) is 0.801. The summed E-state index contributed by atoms with van der Waals surface area (Å²) in [7, 11) is 0. The highest BCUT2D eigenvalue weighted by Gasteiger charge is 2.25. The standard InChI is InChI=1S/C15H18FNO2/c1-4-15(5-2,6-3)17-14(18)11-19-13-9-7-8-12(16)10-13/h1,7-10H,5-6,11H2,2-3H3,(H,17,18). The minimum absolute atomic E-state index is 0.188. The largest absolute Gasteiger partial charge is 0.484 e. The first-order valence-corrected chi connectivity index (χ1v) is 6.22. The summed E-state index contributed by atoms with van der Waals surface area (Å²) >= 11 is 0. The lowest BCUT2D eigenvalue weighted by Gasteiger charge is -2.26. The van der Waals surface area contributed by atoms with E-state index in [4.69, 9.17) is 11.2 Å². The molecule has 0 aliphatic rings. The Morgan fingerprint density at radius 3 is 2.68 bits per heavy atom. The van der Waals surface area contributed by atoms with Gasteiger partial charge >= 0.3 is 0 Å². The number of amides is 1. The molecule has 1 N–H and O–H groups in total. The van der Waals surface area contributed by atoms with E-state index in [1.54, 1.807) is 6.07 Å². The zero-order valence-corrected chi connectivity index (χ0v) is 11.2. The van der Waals surface area contributed by atoms with Crippen molar-refractivity contribution in [2.75, 3.05) is 6.61 Å². The van der Waals surface area contributed by atoms with Gasteiger partial charge in [0.05, 0.1) is 0 Å². The Bertz CT molecular complexity index is 475. The van der Waals surface area contributed by atoms with Gasteiger partial charge < -0.3 is 10.1 Å². The van der Waals surface area contributed by atoms with Gasteiger partial charge in [0.2, 0.25) is 0 Å². The molecular weight excluding hydrogens is 245 g/mol. The Morgan fingerprint density at radius 1 is 1.47 bits per heavy atom. The molecule has 4 heteroatoms. The van der Waals surface area contributed by atoms with Crippen LogP contribution in [0.15, 0.2) is 24.3 Å². The van der Waals surface area contributed by atoms with Crippen molar-refractivity contribution in [1.29, 1.82) is 0 Å². The lowest BCUT2D eigenvalue weighted by molar-refractivity contribution is -0.124. The predicted octanol–water partition coefficient (Wildman–Crippen LogP) is 2.51. The molecule has 0 aliphatic heterocycles. The van der Waals surface area contributed by atoms with Gasteiger partial charge in [-0.25, -0.2) is 4.39 Å². The molecule has 19 heavy (non-hydrogen) atoms. The highest BCUT2D eigenvalue weighted by Crippen LogP contribution is 2.14. The van der Waals surface area contributed by atoms with Gasteiger partial charge in [0, 0.05) is 6.07 Å². The second-order valence-corrected chi connectivity index (χ2v) is 4.23. The SMILES string of the molecule is C#CC(CC)(CC)NC(=O)COc1cccc(F)c1. The zero-order chi connectivity index (χ0) is 14.3. The molecule has 0 saturated carbocycles. The molecule has 3 nitrogen and oxygen atoms in total. The molecule has 102 valence electrons. The first kappa shape index (κ1) is 15.0. The number of hydrogen-bond donors (Lipinski definition) is 1. The Kier molecular flexibility index (Phi) is 5.37. The summed E-state index contributed by atoms with van der Waals surface area (Å²) in [6, 6.07) is 5.64. The summed E-state index contributed by atoms with van der Waals surface area (Å²) in [6.07, 6.45) is 6.74. The second kappa shape index (κ2) is 6.79. The van der Waals surface area contributed by atoms with Crippen LogP contribution in [-0.4, -0.2) is 18.1 Å². The van der Waals surface area contributed by atoms with E-state index in [1.807, 2.05) is 13.8 Å². The van der Waals surface area contributed by atoms with Gasteiger partial charge in [0.25, 0.3) is 5.91 Å². The molecule has 0 aliphatic carbocycles. The van der Waals surface area contributed by atoms with Gasteiger partial charge in [-0.1, -0.05) is 25.8 Å². The minimum Gasteiger partial charge on any atom is -0.484 e. The highest BCUT2D eigenvalue weighted by atomic mass is 19.1. The van der Waals surface area contributed by atoms with E-state index in [0.29, 0.717) is 18.6 Å². The maximum absolute atomic E-state index is 12.9. The molecule has 1 aromatic rings. The van der Waals surface area contributed by atoms with Crippen molar-refractivity contribution in [3.8, 4) is 18.1 Å². The molecule has 1 rings (SSSR count). The van der Waals surface area contributed by atoms with Crippen molar-refractivity contribution in [2.24, 2.45) is 0 Å². The molecule has 0 bridgehead atoms. The van der Waals surface area contributed by atoms with Gasteiger partial charge in [0.1, 0.15) is 17.1 Å². The average molecular weight is 263 g/mol. The third kappa shape index (κ3) is 4.29. The summed E-state index contributed by atoms with van der Waals surface area (Å²) in [5.41, 5.74) is -0.637. The number of nitrogens with one attached hydrogen (secondary N) is 1. The van der Waals surface area contributed by atoms with E-state index in [1.165, 1.54) is 18.2 Å². The van der Waals surface area contributed by atoms with E-state index >= 15 is 0 Å². The fourth-order valence-corrected chi connectivity index (χ4v) is 1.68. The number of halogens is 1. The van der Waals surface area contributed by atoms with Crippen molar-refractivity contribution in [1.82, 2.24) is 5.32 Å². The summed E-state index contributed by atoms with van der Waals surface area (Å²) in [5, 5.41) is 2.77. The van der Waals surface area contributed by atoms with Crippen LogP contribution in [0.25, 0.3) is 0 Å². The van der Waals surface area contributed by atoms with Crippen LogP contribution in [0, 0.1) is 18.2 Å². The van der Waals surface area contributed by atoms with Crippen LogP contribution in [-0.2, 0) is 4.79 Å². The summed E-state index contributed by atoms with van der Waals surface area (Å²) < 4.78 is 18.1. The summed E-state index contributed by atoms with van der Waals surface area (Å²) in [5.74, 6) is 2.20. The molecule has 0 spiro atoms. The van der Waals surface area contributed by atoms with Crippen LogP contribution in [0.5, 0.6) is 5.75 Å². The van der Waals surface area contributed by atoms with Crippen LogP contribution in [0.3, 0.4) is 0 Å². The van der Waals surface area contributed by atoms with Crippen molar-refractivity contribution >= 4 is 5.91 Å². The van der Waals surface area contributed by atoms with Crippen molar-refractivity contribution in [2.45, 2.75) is 32.2 Å². The van der Waals surface area contributed by atoms with E-state index in [-0.39, 0.29) is 12.5 Å². The molecule has 0 radical (unpaired) electrons. The fourth-order valence-electron chi connectivity index (χ4n) is 1.68. The Hall–Kier alpha value is -2.02. The molecule has 0 heterocycles. The number of rotatable bonds is 6. The minimum atomic E-state index is -0.637. The molecule has 0 aromatic heterocycles. The third-order valence-electron chi connectivity index (χ3n) is 3.03. The molecule has 0 atom stereocenters. The van der Waals surface area contributed by atoms with E-state index in [2.05, 4.69) is 11.2 Å². The molecule has 1 amide bonds. The molecule has 0 fully saturated rings. The van der Waals surface area contributed by atoms with Crippen molar-refractivity contribution < 1.29 is 13.9 Å². The Morgan fingerprint density at radius 2 is 2.16 bits per heavy atom. The fraction of sp³-hybridized carbons (Fsp3) is 0.400. The number of benzene rings is 1. The van der Waals surface area contributed by atoms with E-state index in [9.17, 15) is 9.18 Å². The lowest BCUT2D eigenvalue weighted by Crippen LogP contribution is -2.48. The van der Waals surface area contributed by atoms with E-state index in [0.717, 1.165) is 0 Å². The molecule has 1 aromatic carbocycles. The van der Waals surface area contributed by atoms with Crippen LogP contribution in [0.1, 0.15) is 26.7 Å². The number of carbonyl (C=O) groups excluding carboxylic acids is 1. The average Bonchev–Trinajstić information content (AvgIpc) is 2.43. The van der Waals surface area contributed by atoms with Crippen LogP contribution < -0.4 is 10.1 Å². The van der Waals surface area contributed by atoms with E-state index < -0.39 is 11.4 Å². The van der Waals surface area contributed by atoms with Crippen molar-refractivity contribution in [3.63, 3.8) is 0 Å². The van der Waals surface area contributed by atoms with Gasteiger partial charge in [-0.15, -0.1) is 6.42 Å². The number of hydrogen-bond acceptors (Lipinski definition) is 2. The molecular formula is C15H18FNO2. The summed E-state index contributed by atoms with van der Waals surface area (Å²) in [6.45, 7) is 3.64. The zero-order valence-electron chi connectivity index (χ0n) is 11.2. The first-order valence-electron chi connectivity index (χ1n) is 6.22. The van der Waals surface area contributed by atoms with Gasteiger partial charge in [-0.3, -0.25) is 4.79 Å². The van der Waals surface area contributed by atoms with Crippen LogP contribution >= 0.6 is 0 Å². The number of terminal acetylenes is 1. The van der Waals surface area contributed by atoms with Gasteiger partial charge in [-0.05, 0) is 25.0 Å². The molecule has 0 unspecified atom stereocenters. The Labute approximate surface area is 113 Å². The maximum Gasteiger partial charge on any atom is 0.259 e. The second-order valence-electron chi connectivity index (χ2n) is 4.23. The third-order valence-corrected chi connectivity index (χ3v) is 3.03. The molecule has 0 saturated heterocycles. The van der Waals surface area contributed by atoms with Crippen LogP contribution in [0.2, 0.25) is 0 Å². The predicted molar refractivity (Wildman–Crippen MR) is 72.2 cm³/mol. The topological polar surface area (TPSA) is 38.3 Å². The Balaban J connectivity index is 2.55. The van der Waals surface area contributed by atoms with Crippen LogP contribution in [0.4, 0.5) is 4.39 Å². The van der Waals surface area contributed by atoms with Crippen molar-refractivity contribution in [3.05, 3.63) is 30.1 Å². The number of ether oxygens (including phenoxy) is 1. The smallest absolute Gasteiger partial charge is 0.259 e.